The summed E-state index contributed by atoms with van der Waals surface area (Å²) < 4.78 is 17.2. The van der Waals surface area contributed by atoms with Gasteiger partial charge in [-0.05, 0) is 88.3 Å². The number of nitrogens with zero attached hydrogens (tertiary/aromatic N) is 4. The molecule has 1 saturated heterocycles. The molecule has 3 aromatic heterocycles. The molecule has 0 unspecified atom stereocenters. The molecule has 0 spiro atoms. The minimum absolute atomic E-state index is 0.0661. The lowest BCUT2D eigenvalue weighted by Gasteiger charge is -2.31. The quantitative estimate of drug-likeness (QED) is 0.291. The normalized spacial score (nSPS) is 19.5. The summed E-state index contributed by atoms with van der Waals surface area (Å²) in [7, 11) is 0. The lowest BCUT2D eigenvalue weighted by atomic mass is 9.90. The summed E-state index contributed by atoms with van der Waals surface area (Å²) in [6.07, 6.45) is 6.60. The first-order valence-corrected chi connectivity index (χ1v) is 17.0. The molecular formula is C32H36FN5O3S2. The lowest BCUT2D eigenvalue weighted by Crippen LogP contribution is -2.46. The molecule has 226 valence electrons. The van der Waals surface area contributed by atoms with Crippen LogP contribution in [-0.4, -0.2) is 42.6 Å². The number of nitrogens with one attached hydrogen (secondary N) is 1. The van der Waals surface area contributed by atoms with E-state index in [4.69, 9.17) is 0 Å². The summed E-state index contributed by atoms with van der Waals surface area (Å²) in [5.41, 5.74) is 2.67. The van der Waals surface area contributed by atoms with Crippen LogP contribution in [-0.2, 0) is 12.8 Å². The predicted molar refractivity (Wildman–Crippen MR) is 170 cm³/mol. The molecule has 6 rings (SSSR count). The Kier molecular flexibility index (Phi) is 8.81. The Morgan fingerprint density at radius 2 is 1.74 bits per heavy atom. The Morgan fingerprint density at radius 3 is 2.49 bits per heavy atom. The second-order valence-electron chi connectivity index (χ2n) is 11.7. The number of amides is 1. The maximum absolute atomic E-state index is 14.2. The maximum Gasteiger partial charge on any atom is 0.333 e. The van der Waals surface area contributed by atoms with E-state index in [1.54, 1.807) is 4.57 Å². The van der Waals surface area contributed by atoms with Crippen LogP contribution in [0.1, 0.15) is 82.1 Å². The van der Waals surface area contributed by atoms with Crippen LogP contribution in [0.4, 0.5) is 4.39 Å². The third-order valence-corrected chi connectivity index (χ3v) is 10.7. The van der Waals surface area contributed by atoms with Crippen molar-refractivity contribution >= 4 is 40.0 Å². The third-order valence-electron chi connectivity index (χ3n) is 8.62. The molecule has 43 heavy (non-hydrogen) atoms. The second-order valence-corrected chi connectivity index (χ2v) is 14.1. The molecule has 4 aromatic rings. The number of thiazole rings is 1. The molecule has 0 atom stereocenters. The summed E-state index contributed by atoms with van der Waals surface area (Å²) in [6.45, 7) is 3.99. The molecule has 1 amide bonds. The first-order valence-electron chi connectivity index (χ1n) is 15.0. The van der Waals surface area contributed by atoms with E-state index in [2.05, 4.69) is 40.4 Å². The van der Waals surface area contributed by atoms with Crippen LogP contribution in [0.15, 0.2) is 46.1 Å². The molecule has 0 radical (unpaired) electrons. The molecule has 1 N–H and O–H groups in total. The Bertz CT molecular complexity index is 1770. The monoisotopic (exact) mass is 621 g/mol. The molecule has 4 heterocycles. The average molecular weight is 622 g/mol. The number of fused-ring (bicyclic) bond motifs is 1. The van der Waals surface area contributed by atoms with Gasteiger partial charge in [-0.2, -0.15) is 11.8 Å². The molecule has 2 fully saturated rings. The van der Waals surface area contributed by atoms with Gasteiger partial charge in [-0.3, -0.25) is 18.7 Å². The molecule has 1 aromatic carbocycles. The molecule has 8 nitrogen and oxygen atoms in total. The molecule has 1 aliphatic heterocycles. The Morgan fingerprint density at radius 1 is 1.00 bits per heavy atom. The highest BCUT2D eigenvalue weighted by molar-refractivity contribution is 7.99. The highest BCUT2D eigenvalue weighted by atomic mass is 32.2. The van der Waals surface area contributed by atoms with E-state index in [-0.39, 0.29) is 40.8 Å². The fourth-order valence-electron chi connectivity index (χ4n) is 6.48. The number of halogens is 1. The molecule has 0 bridgehead atoms. The van der Waals surface area contributed by atoms with E-state index in [9.17, 15) is 18.8 Å². The zero-order valence-electron chi connectivity index (χ0n) is 24.5. The van der Waals surface area contributed by atoms with Gasteiger partial charge in [-0.1, -0.05) is 29.8 Å². The van der Waals surface area contributed by atoms with Crippen molar-refractivity contribution in [1.82, 2.24) is 24.4 Å². The van der Waals surface area contributed by atoms with Crippen molar-refractivity contribution in [2.75, 3.05) is 11.5 Å². The lowest BCUT2D eigenvalue weighted by molar-refractivity contribution is 0.0924. The van der Waals surface area contributed by atoms with Crippen molar-refractivity contribution in [2.24, 2.45) is 0 Å². The number of aryl methyl sites for hydroxylation is 4. The van der Waals surface area contributed by atoms with Crippen LogP contribution in [0.25, 0.3) is 11.0 Å². The number of benzene rings is 1. The number of aromatic nitrogens is 4. The van der Waals surface area contributed by atoms with E-state index < -0.39 is 11.4 Å². The van der Waals surface area contributed by atoms with Crippen LogP contribution >= 0.6 is 23.1 Å². The fourth-order valence-corrected chi connectivity index (χ4v) is 8.43. The first kappa shape index (κ1) is 29.7. The molecule has 11 heteroatoms. The number of pyridine rings is 1. The number of rotatable bonds is 7. The molecule has 1 aliphatic carbocycles. The van der Waals surface area contributed by atoms with Gasteiger partial charge in [0.15, 0.2) is 0 Å². The smallest absolute Gasteiger partial charge is 0.333 e. The minimum atomic E-state index is -0.594. The van der Waals surface area contributed by atoms with Crippen molar-refractivity contribution < 1.29 is 9.18 Å². The van der Waals surface area contributed by atoms with Gasteiger partial charge in [0.05, 0.1) is 22.3 Å². The average Bonchev–Trinajstić information content (AvgIpc) is 3.38. The number of hydrogen-bond donors (Lipinski definition) is 1. The highest BCUT2D eigenvalue weighted by Crippen LogP contribution is 2.31. The molecule has 1 saturated carbocycles. The Labute approximate surface area is 257 Å². The number of hydrogen-bond acceptors (Lipinski definition) is 7. The van der Waals surface area contributed by atoms with E-state index >= 15 is 0 Å². The van der Waals surface area contributed by atoms with Gasteiger partial charge in [0.25, 0.3) is 11.5 Å². The van der Waals surface area contributed by atoms with Gasteiger partial charge in [0.1, 0.15) is 16.3 Å². The number of carbonyl (C=O) groups excluding carboxylic acids is 1. The summed E-state index contributed by atoms with van der Waals surface area (Å²) in [6, 6.07) is 9.13. The summed E-state index contributed by atoms with van der Waals surface area (Å²) >= 11 is 3.27. The van der Waals surface area contributed by atoms with E-state index in [1.807, 2.05) is 24.8 Å². The largest absolute Gasteiger partial charge is 0.349 e. The molecular weight excluding hydrogens is 586 g/mol. The van der Waals surface area contributed by atoms with E-state index in [0.717, 1.165) is 47.7 Å². The van der Waals surface area contributed by atoms with Crippen LogP contribution in [0.3, 0.4) is 0 Å². The Balaban J connectivity index is 1.17. The van der Waals surface area contributed by atoms with Crippen LogP contribution in [0.2, 0.25) is 0 Å². The van der Waals surface area contributed by atoms with Crippen molar-refractivity contribution in [3.8, 4) is 0 Å². The number of thioether (sulfide) groups is 1. The van der Waals surface area contributed by atoms with Gasteiger partial charge < -0.3 is 5.32 Å². The zero-order valence-corrected chi connectivity index (χ0v) is 26.1. The molecule has 2 aliphatic rings. The van der Waals surface area contributed by atoms with Gasteiger partial charge in [0.2, 0.25) is 0 Å². The summed E-state index contributed by atoms with van der Waals surface area (Å²) in [4.78, 5) is 50.3. The van der Waals surface area contributed by atoms with Crippen LogP contribution in [0, 0.1) is 19.7 Å². The topological polar surface area (TPSA) is 98.9 Å². The van der Waals surface area contributed by atoms with Crippen LogP contribution in [0.5, 0.6) is 0 Å². The SMILES string of the molecule is Cc1cccc(CCc2nc(C)sc2C(=O)N[C@H]2CC[C@@H](n3c(=O)c4cc(F)cnc4n(C4CCSCC4)c3=O)CC2)c1. The van der Waals surface area contributed by atoms with Crippen molar-refractivity contribution in [1.29, 1.82) is 0 Å². The summed E-state index contributed by atoms with van der Waals surface area (Å²) in [5.74, 6) is 1.14. The first-order chi connectivity index (χ1) is 20.8. The Hall–Kier alpha value is -3.31. The van der Waals surface area contributed by atoms with Crippen molar-refractivity contribution in [3.63, 3.8) is 0 Å². The summed E-state index contributed by atoms with van der Waals surface area (Å²) in [5, 5.41) is 4.21. The number of carbonyl (C=O) groups is 1. The van der Waals surface area contributed by atoms with E-state index in [1.165, 1.54) is 33.1 Å². The standard InChI is InChI=1S/C32H36FN5O3S2/c1-19-4-3-5-21(16-19)6-11-27-28(43-20(2)35-27)30(39)36-23-7-9-24(10-8-23)38-31(40)26-17-22(33)18-34-29(26)37(32(38)41)25-12-14-42-15-13-25/h3-5,16-18,23-25H,6-15H2,1-2H3,(H,36,39)/t23-,24+. The van der Waals surface area contributed by atoms with Gasteiger partial charge in [-0.15, -0.1) is 11.3 Å². The van der Waals surface area contributed by atoms with Crippen LogP contribution < -0.4 is 16.6 Å². The van der Waals surface area contributed by atoms with Gasteiger partial charge >= 0.3 is 5.69 Å². The maximum atomic E-state index is 14.2. The fraction of sp³-hybridized carbons (Fsp3) is 0.469. The predicted octanol–water partition coefficient (Wildman–Crippen LogP) is 5.54. The van der Waals surface area contributed by atoms with Crippen molar-refractivity contribution in [3.05, 3.63) is 89.9 Å². The highest BCUT2D eigenvalue weighted by Gasteiger charge is 2.30. The minimum Gasteiger partial charge on any atom is -0.349 e. The van der Waals surface area contributed by atoms with E-state index in [0.29, 0.717) is 37.0 Å². The third kappa shape index (κ3) is 6.33. The second kappa shape index (κ2) is 12.7. The zero-order chi connectivity index (χ0) is 30.1. The van der Waals surface area contributed by atoms with Gasteiger partial charge in [0, 0.05) is 18.1 Å². The van der Waals surface area contributed by atoms with Gasteiger partial charge in [-0.25, -0.2) is 19.2 Å². The van der Waals surface area contributed by atoms with Crippen molar-refractivity contribution in [2.45, 2.75) is 83.3 Å².